The largest absolute Gasteiger partial charge is 0.409 e. The third-order valence-electron chi connectivity index (χ3n) is 3.69. The highest BCUT2D eigenvalue weighted by atomic mass is 16.5. The van der Waals surface area contributed by atoms with Gasteiger partial charge in [-0.25, -0.2) is 0 Å². The number of hydrogen-bond acceptors (Lipinski definition) is 5. The van der Waals surface area contributed by atoms with Crippen LogP contribution in [0.1, 0.15) is 32.1 Å². The zero-order chi connectivity index (χ0) is 14.8. The van der Waals surface area contributed by atoms with Crippen LogP contribution in [0.4, 0.5) is 0 Å². The molecule has 0 spiro atoms. The Morgan fingerprint density at radius 2 is 2.10 bits per heavy atom. The topological polar surface area (TPSA) is 106 Å². The van der Waals surface area contributed by atoms with Gasteiger partial charge in [-0.3, -0.25) is 4.79 Å². The van der Waals surface area contributed by atoms with Crippen LogP contribution in [0, 0.1) is 5.41 Å². The molecule has 7 nitrogen and oxygen atoms in total. The average Bonchev–Trinajstić information content (AvgIpc) is 2.50. The maximum atomic E-state index is 12.3. The first-order valence-electron chi connectivity index (χ1n) is 7.00. The van der Waals surface area contributed by atoms with Crippen LogP contribution in [0.5, 0.6) is 0 Å². The van der Waals surface area contributed by atoms with E-state index in [4.69, 9.17) is 20.4 Å². The Balaban J connectivity index is 2.44. The van der Waals surface area contributed by atoms with Crippen LogP contribution in [0.2, 0.25) is 0 Å². The number of nitrogens with two attached hydrogens (primary N) is 1. The zero-order valence-electron chi connectivity index (χ0n) is 12.1. The Morgan fingerprint density at radius 3 is 2.70 bits per heavy atom. The second-order valence-electron chi connectivity index (χ2n) is 4.99. The second kappa shape index (κ2) is 8.76. The van der Waals surface area contributed by atoms with Gasteiger partial charge in [-0.2, -0.15) is 0 Å². The van der Waals surface area contributed by atoms with Gasteiger partial charge in [0.05, 0.1) is 0 Å². The summed E-state index contributed by atoms with van der Waals surface area (Å²) in [5.41, 5.74) is 4.79. The molecular weight excluding hydrogens is 262 g/mol. The molecule has 0 aliphatic carbocycles. The maximum Gasteiger partial charge on any atom is 0.234 e. The molecule has 0 aromatic heterocycles. The van der Waals surface area contributed by atoms with Crippen molar-refractivity contribution in [3.63, 3.8) is 0 Å². The summed E-state index contributed by atoms with van der Waals surface area (Å²) in [6.07, 6.45) is 3.74. The summed E-state index contributed by atoms with van der Waals surface area (Å²) in [5, 5.41) is 14.8. The minimum absolute atomic E-state index is 0.0299. The summed E-state index contributed by atoms with van der Waals surface area (Å²) < 4.78 is 10.2. The predicted molar refractivity (Wildman–Crippen MR) is 74.6 cm³/mol. The molecule has 20 heavy (non-hydrogen) atoms. The number of rotatable bonds is 8. The number of carbonyl (C=O) groups excluding carboxylic acids is 1. The Morgan fingerprint density at radius 1 is 1.40 bits per heavy atom. The number of methoxy groups -OCH3 is 1. The van der Waals surface area contributed by atoms with E-state index >= 15 is 0 Å². The van der Waals surface area contributed by atoms with Crippen molar-refractivity contribution in [2.45, 2.75) is 32.1 Å². The van der Waals surface area contributed by atoms with E-state index in [0.29, 0.717) is 32.6 Å². The summed E-state index contributed by atoms with van der Waals surface area (Å²) in [5.74, 6) is -0.208. The van der Waals surface area contributed by atoms with Crippen LogP contribution in [-0.2, 0) is 14.3 Å². The minimum atomic E-state index is -0.931. The van der Waals surface area contributed by atoms with E-state index in [9.17, 15) is 4.79 Å². The molecule has 0 radical (unpaired) electrons. The van der Waals surface area contributed by atoms with E-state index in [1.165, 1.54) is 0 Å². The van der Waals surface area contributed by atoms with Crippen molar-refractivity contribution in [1.82, 2.24) is 5.32 Å². The lowest BCUT2D eigenvalue weighted by molar-refractivity contribution is -0.131. The first-order chi connectivity index (χ1) is 9.67. The van der Waals surface area contributed by atoms with Crippen LogP contribution in [0.3, 0.4) is 0 Å². The Labute approximate surface area is 119 Å². The van der Waals surface area contributed by atoms with Crippen LogP contribution in [0.25, 0.3) is 0 Å². The first kappa shape index (κ1) is 16.7. The molecule has 1 fully saturated rings. The summed E-state index contributed by atoms with van der Waals surface area (Å²) >= 11 is 0. The number of unbranched alkanes of at least 4 members (excludes halogenated alkanes) is 2. The lowest BCUT2D eigenvalue weighted by Crippen LogP contribution is -2.52. The fourth-order valence-corrected chi connectivity index (χ4v) is 2.33. The standard InChI is InChI=1S/C13H25N3O4/c1-19-8-4-2-3-7-15-12(17)13(11(14)16-18)5-9-20-10-6-13/h18H,2-10H2,1H3,(H2,14,16)(H,15,17). The minimum Gasteiger partial charge on any atom is -0.409 e. The number of oxime groups is 1. The van der Waals surface area contributed by atoms with Gasteiger partial charge in [0.2, 0.25) is 5.91 Å². The van der Waals surface area contributed by atoms with Crippen molar-refractivity contribution in [3.05, 3.63) is 0 Å². The van der Waals surface area contributed by atoms with Crippen molar-refractivity contribution in [2.75, 3.05) is 33.5 Å². The van der Waals surface area contributed by atoms with Crippen LogP contribution in [-0.4, -0.2) is 50.4 Å². The molecule has 0 aromatic rings. The molecule has 1 amide bonds. The monoisotopic (exact) mass is 287 g/mol. The highest BCUT2D eigenvalue weighted by Crippen LogP contribution is 2.31. The number of amides is 1. The molecule has 1 aliphatic rings. The fourth-order valence-electron chi connectivity index (χ4n) is 2.33. The normalized spacial score (nSPS) is 18.8. The van der Waals surface area contributed by atoms with Crippen molar-refractivity contribution in [3.8, 4) is 0 Å². The molecule has 116 valence electrons. The fraction of sp³-hybridized carbons (Fsp3) is 0.846. The third-order valence-corrected chi connectivity index (χ3v) is 3.69. The third kappa shape index (κ3) is 4.35. The number of amidine groups is 1. The van der Waals surface area contributed by atoms with E-state index in [2.05, 4.69) is 10.5 Å². The molecule has 0 aromatic carbocycles. The van der Waals surface area contributed by atoms with Crippen LogP contribution < -0.4 is 11.1 Å². The maximum absolute atomic E-state index is 12.3. The lowest BCUT2D eigenvalue weighted by Gasteiger charge is -2.34. The number of nitrogens with one attached hydrogen (secondary N) is 1. The van der Waals surface area contributed by atoms with Crippen molar-refractivity contribution < 1.29 is 19.5 Å². The molecule has 4 N–H and O–H groups in total. The summed E-state index contributed by atoms with van der Waals surface area (Å²) in [6, 6.07) is 0. The number of nitrogens with zero attached hydrogens (tertiary/aromatic N) is 1. The molecule has 0 atom stereocenters. The van der Waals surface area contributed by atoms with Crippen LogP contribution in [0.15, 0.2) is 5.16 Å². The lowest BCUT2D eigenvalue weighted by atomic mass is 9.78. The first-order valence-corrected chi connectivity index (χ1v) is 7.00. The van der Waals surface area contributed by atoms with Crippen molar-refractivity contribution in [1.29, 1.82) is 0 Å². The SMILES string of the molecule is COCCCCCNC(=O)C1(C(N)=NO)CCOCC1. The van der Waals surface area contributed by atoms with Gasteiger partial charge in [-0.05, 0) is 32.1 Å². The van der Waals surface area contributed by atoms with Gasteiger partial charge in [0.25, 0.3) is 0 Å². The van der Waals surface area contributed by atoms with Gasteiger partial charge < -0.3 is 25.7 Å². The molecule has 1 saturated heterocycles. The summed E-state index contributed by atoms with van der Waals surface area (Å²) in [6.45, 7) is 2.21. The molecule has 1 rings (SSSR count). The smallest absolute Gasteiger partial charge is 0.234 e. The molecule has 0 bridgehead atoms. The molecule has 0 unspecified atom stereocenters. The summed E-state index contributed by atoms with van der Waals surface area (Å²) in [7, 11) is 1.67. The van der Waals surface area contributed by atoms with Crippen molar-refractivity contribution >= 4 is 11.7 Å². The zero-order valence-corrected chi connectivity index (χ0v) is 12.1. The van der Waals surface area contributed by atoms with E-state index in [0.717, 1.165) is 25.9 Å². The van der Waals surface area contributed by atoms with Gasteiger partial charge >= 0.3 is 0 Å². The van der Waals surface area contributed by atoms with E-state index in [1.54, 1.807) is 7.11 Å². The second-order valence-corrected chi connectivity index (χ2v) is 4.99. The van der Waals surface area contributed by atoms with Gasteiger partial charge in [0.1, 0.15) is 5.41 Å². The molecule has 0 saturated carbocycles. The van der Waals surface area contributed by atoms with Crippen molar-refractivity contribution in [2.24, 2.45) is 16.3 Å². The van der Waals surface area contributed by atoms with E-state index in [-0.39, 0.29) is 11.7 Å². The Kier molecular flexibility index (Phi) is 7.32. The highest BCUT2D eigenvalue weighted by molar-refractivity contribution is 6.06. The number of ether oxygens (including phenoxy) is 2. The number of carbonyl (C=O) groups is 1. The quantitative estimate of drug-likeness (QED) is 0.198. The molecule has 7 heteroatoms. The Bertz CT molecular complexity index is 328. The average molecular weight is 287 g/mol. The number of hydrogen-bond donors (Lipinski definition) is 3. The van der Waals surface area contributed by atoms with Gasteiger partial charge in [0.15, 0.2) is 5.84 Å². The molecule has 1 aliphatic heterocycles. The highest BCUT2D eigenvalue weighted by Gasteiger charge is 2.44. The van der Waals surface area contributed by atoms with Gasteiger partial charge in [0, 0.05) is 33.5 Å². The Hall–Kier alpha value is -1.34. The van der Waals surface area contributed by atoms with Gasteiger partial charge in [-0.1, -0.05) is 5.16 Å². The summed E-state index contributed by atoms with van der Waals surface area (Å²) in [4.78, 5) is 12.3. The molecule has 1 heterocycles. The van der Waals surface area contributed by atoms with E-state index in [1.807, 2.05) is 0 Å². The predicted octanol–water partition coefficient (Wildman–Crippen LogP) is 0.463. The molecular formula is C13H25N3O4. The van der Waals surface area contributed by atoms with Crippen LogP contribution >= 0.6 is 0 Å². The van der Waals surface area contributed by atoms with Gasteiger partial charge in [-0.15, -0.1) is 0 Å². The van der Waals surface area contributed by atoms with E-state index < -0.39 is 5.41 Å².